The van der Waals surface area contributed by atoms with Gasteiger partial charge < -0.3 is 15.5 Å². The van der Waals surface area contributed by atoms with Crippen LogP contribution in [0.5, 0.6) is 0 Å². The van der Waals surface area contributed by atoms with Gasteiger partial charge in [-0.25, -0.2) is 24.9 Å². The second-order valence-electron chi connectivity index (χ2n) is 8.45. The van der Waals surface area contributed by atoms with Crippen molar-refractivity contribution < 1.29 is 0 Å². The van der Waals surface area contributed by atoms with Crippen molar-refractivity contribution in [1.82, 2.24) is 30.2 Å². The molecule has 0 amide bonds. The third-order valence-corrected chi connectivity index (χ3v) is 5.71. The summed E-state index contributed by atoms with van der Waals surface area (Å²) in [5, 5.41) is 6.70. The topological polar surface area (TPSA) is 91.8 Å². The number of benzene rings is 1. The highest BCUT2D eigenvalue weighted by atomic mass is 15.2. The number of anilines is 3. The van der Waals surface area contributed by atoms with E-state index in [9.17, 15) is 0 Å². The van der Waals surface area contributed by atoms with Crippen LogP contribution in [0, 0.1) is 13.8 Å². The highest BCUT2D eigenvalue weighted by Crippen LogP contribution is 2.20. The molecule has 3 aromatic heterocycles. The summed E-state index contributed by atoms with van der Waals surface area (Å²) in [6.45, 7) is 8.05. The first-order valence-electron chi connectivity index (χ1n) is 11.6. The van der Waals surface area contributed by atoms with Crippen molar-refractivity contribution in [2.24, 2.45) is 0 Å². The van der Waals surface area contributed by atoms with Crippen molar-refractivity contribution in [3.63, 3.8) is 0 Å². The molecule has 8 nitrogen and oxygen atoms in total. The normalized spacial score (nSPS) is 13.6. The van der Waals surface area contributed by atoms with Crippen LogP contribution in [0.2, 0.25) is 0 Å². The molecule has 172 valence electrons. The van der Waals surface area contributed by atoms with Gasteiger partial charge in [-0.05, 0) is 49.7 Å². The molecule has 0 unspecified atom stereocenters. The fraction of sp³-hybridized carbons (Fsp3) is 0.269. The second kappa shape index (κ2) is 9.93. The average Bonchev–Trinajstić information content (AvgIpc) is 2.85. The lowest BCUT2D eigenvalue weighted by atomic mass is 10.1. The molecule has 1 saturated heterocycles. The van der Waals surface area contributed by atoms with E-state index in [0.717, 1.165) is 49.1 Å². The number of piperazine rings is 1. The van der Waals surface area contributed by atoms with Crippen molar-refractivity contribution >= 4 is 17.3 Å². The van der Waals surface area contributed by atoms with Gasteiger partial charge in [0, 0.05) is 61.9 Å². The smallest absolute Gasteiger partial charge is 0.180 e. The lowest BCUT2D eigenvalue weighted by molar-refractivity contribution is 0.589. The highest BCUT2D eigenvalue weighted by molar-refractivity contribution is 5.57. The Balaban J connectivity index is 1.30. The zero-order valence-electron chi connectivity index (χ0n) is 19.5. The van der Waals surface area contributed by atoms with Crippen molar-refractivity contribution in [2.75, 3.05) is 36.4 Å². The fourth-order valence-corrected chi connectivity index (χ4v) is 4.03. The van der Waals surface area contributed by atoms with Crippen LogP contribution in [0.1, 0.15) is 22.8 Å². The average molecular weight is 453 g/mol. The summed E-state index contributed by atoms with van der Waals surface area (Å²) >= 11 is 0. The number of pyridine rings is 1. The molecule has 0 bridgehead atoms. The maximum Gasteiger partial charge on any atom is 0.180 e. The number of nitrogens with one attached hydrogen (secondary N) is 2. The van der Waals surface area contributed by atoms with E-state index in [0.29, 0.717) is 23.9 Å². The van der Waals surface area contributed by atoms with E-state index >= 15 is 0 Å². The van der Waals surface area contributed by atoms with Crippen LogP contribution >= 0.6 is 0 Å². The predicted octanol–water partition coefficient (Wildman–Crippen LogP) is 3.69. The monoisotopic (exact) mass is 452 g/mol. The lowest BCUT2D eigenvalue weighted by Crippen LogP contribution is -2.43. The zero-order chi connectivity index (χ0) is 23.3. The Morgan fingerprint density at radius 2 is 1.68 bits per heavy atom. The van der Waals surface area contributed by atoms with E-state index in [4.69, 9.17) is 4.98 Å². The Kier molecular flexibility index (Phi) is 6.40. The van der Waals surface area contributed by atoms with Gasteiger partial charge in [0.1, 0.15) is 23.2 Å². The highest BCUT2D eigenvalue weighted by Gasteiger charge is 2.11. The molecule has 4 aromatic rings. The Hall–Kier alpha value is -3.91. The number of aromatic nitrogens is 5. The van der Waals surface area contributed by atoms with Crippen molar-refractivity contribution in [3.8, 4) is 11.5 Å². The van der Waals surface area contributed by atoms with E-state index in [1.165, 1.54) is 11.3 Å². The minimum absolute atomic E-state index is 0.588. The first-order valence-corrected chi connectivity index (χ1v) is 11.6. The third-order valence-electron chi connectivity index (χ3n) is 5.71. The van der Waals surface area contributed by atoms with Crippen LogP contribution in [-0.4, -0.2) is 51.1 Å². The molecule has 1 aromatic carbocycles. The molecular formula is C26H28N8. The molecule has 1 aliphatic rings. The molecule has 0 atom stereocenters. The zero-order valence-corrected chi connectivity index (χ0v) is 19.5. The molecule has 0 radical (unpaired) electrons. The number of hydrogen-bond acceptors (Lipinski definition) is 8. The maximum absolute atomic E-state index is 4.70. The van der Waals surface area contributed by atoms with Gasteiger partial charge in [-0.1, -0.05) is 18.2 Å². The summed E-state index contributed by atoms with van der Waals surface area (Å²) in [5.41, 5.74) is 4.98. The van der Waals surface area contributed by atoms with Gasteiger partial charge in [0.25, 0.3) is 0 Å². The van der Waals surface area contributed by atoms with Gasteiger partial charge in [0.2, 0.25) is 0 Å². The second-order valence-corrected chi connectivity index (χ2v) is 8.45. The van der Waals surface area contributed by atoms with Crippen LogP contribution in [0.4, 0.5) is 17.3 Å². The molecule has 1 aliphatic heterocycles. The Morgan fingerprint density at radius 1 is 0.853 bits per heavy atom. The van der Waals surface area contributed by atoms with Gasteiger partial charge in [0.05, 0.1) is 0 Å². The van der Waals surface area contributed by atoms with E-state index in [2.05, 4.69) is 59.7 Å². The van der Waals surface area contributed by atoms with Crippen LogP contribution in [0.3, 0.4) is 0 Å². The van der Waals surface area contributed by atoms with Crippen LogP contribution in [0.25, 0.3) is 11.5 Å². The molecule has 2 N–H and O–H groups in total. The molecule has 1 fully saturated rings. The summed E-state index contributed by atoms with van der Waals surface area (Å²) in [6, 6.07) is 18.3. The predicted molar refractivity (Wildman–Crippen MR) is 134 cm³/mol. The summed E-state index contributed by atoms with van der Waals surface area (Å²) in [6.07, 6.45) is 2.44. The van der Waals surface area contributed by atoms with Gasteiger partial charge in [-0.2, -0.15) is 0 Å². The molecule has 8 heteroatoms. The fourth-order valence-electron chi connectivity index (χ4n) is 4.03. The first kappa shape index (κ1) is 21.9. The first-order chi connectivity index (χ1) is 16.6. The van der Waals surface area contributed by atoms with Crippen molar-refractivity contribution in [3.05, 3.63) is 83.6 Å². The van der Waals surface area contributed by atoms with E-state index in [1.54, 1.807) is 6.20 Å². The quantitative estimate of drug-likeness (QED) is 0.458. The molecule has 34 heavy (non-hydrogen) atoms. The Labute approximate surface area is 199 Å². The third kappa shape index (κ3) is 5.35. The molecule has 0 spiro atoms. The summed E-state index contributed by atoms with van der Waals surface area (Å²) in [5.74, 6) is 2.72. The van der Waals surface area contributed by atoms with E-state index in [-0.39, 0.29) is 0 Å². The van der Waals surface area contributed by atoms with E-state index < -0.39 is 0 Å². The minimum atomic E-state index is 0.588. The minimum Gasteiger partial charge on any atom is -0.369 e. The molecular weight excluding hydrogens is 424 g/mol. The van der Waals surface area contributed by atoms with Gasteiger partial charge in [-0.3, -0.25) is 0 Å². The Bertz CT molecular complexity index is 1270. The summed E-state index contributed by atoms with van der Waals surface area (Å²) < 4.78 is 0. The lowest BCUT2D eigenvalue weighted by Gasteiger charge is -2.29. The van der Waals surface area contributed by atoms with Crippen molar-refractivity contribution in [2.45, 2.75) is 20.3 Å². The number of hydrogen-bond donors (Lipinski definition) is 2. The number of nitrogens with zero attached hydrogens (tertiary/aromatic N) is 6. The summed E-state index contributed by atoms with van der Waals surface area (Å²) in [4.78, 5) is 25.3. The van der Waals surface area contributed by atoms with Crippen LogP contribution in [0.15, 0.2) is 60.8 Å². The van der Waals surface area contributed by atoms with E-state index in [1.807, 2.05) is 44.2 Å². The Morgan fingerprint density at radius 3 is 2.47 bits per heavy atom. The van der Waals surface area contributed by atoms with Crippen LogP contribution < -0.4 is 15.5 Å². The van der Waals surface area contributed by atoms with Crippen LogP contribution in [-0.2, 0) is 6.42 Å². The molecule has 0 saturated carbocycles. The van der Waals surface area contributed by atoms with Gasteiger partial charge in [-0.15, -0.1) is 0 Å². The standard InChI is InChI=1S/C26H28N8/c1-18-4-3-5-22(29-18)26-30-19(2)16-25(33-26)32-23-10-11-28-24(31-23)17-20-6-8-21(9-7-20)34-14-12-27-13-15-34/h3-11,16,27H,12-15,17H2,1-2H3,(H,28,30,31,32,33). The largest absolute Gasteiger partial charge is 0.369 e. The maximum atomic E-state index is 4.70. The molecule has 5 rings (SSSR count). The summed E-state index contributed by atoms with van der Waals surface area (Å²) in [7, 11) is 0. The van der Waals surface area contributed by atoms with Crippen molar-refractivity contribution in [1.29, 1.82) is 0 Å². The SMILES string of the molecule is Cc1cccc(-c2nc(C)cc(Nc3ccnc(Cc4ccc(N5CCNCC5)cc4)n3)n2)n1. The van der Waals surface area contributed by atoms with Gasteiger partial charge >= 0.3 is 0 Å². The molecule has 0 aliphatic carbocycles. The number of aryl methyl sites for hydroxylation is 2. The number of rotatable bonds is 6. The van der Waals surface area contributed by atoms with Gasteiger partial charge in [0.15, 0.2) is 5.82 Å². The molecule has 4 heterocycles.